The van der Waals surface area contributed by atoms with Gasteiger partial charge in [-0.2, -0.15) is 0 Å². The van der Waals surface area contributed by atoms with E-state index in [1.807, 2.05) is 13.0 Å². The van der Waals surface area contributed by atoms with E-state index >= 15 is 0 Å². The number of nitrogens with zero attached hydrogens (tertiary/aromatic N) is 4. The maximum Gasteiger partial charge on any atom is 0.160 e. The van der Waals surface area contributed by atoms with E-state index in [4.69, 9.17) is 15.0 Å². The molecule has 6 aromatic carbocycles. The summed E-state index contributed by atoms with van der Waals surface area (Å²) in [6.07, 6.45) is 8.41. The lowest BCUT2D eigenvalue weighted by Crippen LogP contribution is -1.99. The van der Waals surface area contributed by atoms with Crippen LogP contribution >= 0.6 is 0 Å². The topological polar surface area (TPSA) is 43.1 Å². The Hall–Kier alpha value is -6.91. The summed E-state index contributed by atoms with van der Waals surface area (Å²) < 4.78 is 2.18. The summed E-state index contributed by atoms with van der Waals surface area (Å²) in [6.45, 7) is 4.11. The predicted octanol–water partition coefficient (Wildman–Crippen LogP) is 12.7. The Bertz CT molecular complexity index is 2850. The molecule has 0 bridgehead atoms. The Morgan fingerprint density at radius 1 is 0.509 bits per heavy atom. The summed E-state index contributed by atoms with van der Waals surface area (Å²) in [5.74, 6) is 0.689. The Morgan fingerprint density at radius 2 is 1.17 bits per heavy atom. The molecule has 9 rings (SSSR count). The minimum atomic E-state index is 0.689. The number of pyridine rings is 1. The van der Waals surface area contributed by atoms with Gasteiger partial charge in [0.05, 0.1) is 22.6 Å². The molecule has 0 aliphatic rings. The first-order valence-electron chi connectivity index (χ1n) is 18.0. The van der Waals surface area contributed by atoms with Gasteiger partial charge in [0.1, 0.15) is 5.65 Å². The van der Waals surface area contributed by atoms with E-state index in [0.29, 0.717) is 5.82 Å². The SMILES string of the molecule is C/C=C\C(=C/C)c1nc(-c2cc(-c3ccccc3)cc(-c3cccc(-c4nc5ccccn5c4-c4ccccc4)c3)c2)nc2c1ccc1ccccc12. The predicted molar refractivity (Wildman–Crippen MR) is 221 cm³/mol. The molecule has 9 aromatic rings. The fraction of sp³-hybridized carbons (Fsp3) is 0.0408. The second-order valence-electron chi connectivity index (χ2n) is 13.2. The third-order valence-electron chi connectivity index (χ3n) is 9.87. The van der Waals surface area contributed by atoms with Crippen LogP contribution in [-0.4, -0.2) is 19.4 Å². The Labute approximate surface area is 309 Å². The second-order valence-corrected chi connectivity index (χ2v) is 13.2. The summed E-state index contributed by atoms with van der Waals surface area (Å²) in [7, 11) is 0. The van der Waals surface area contributed by atoms with Crippen molar-refractivity contribution in [3.63, 3.8) is 0 Å². The molecular formula is C49H36N4. The molecule has 0 unspecified atom stereocenters. The number of hydrogen-bond acceptors (Lipinski definition) is 3. The summed E-state index contributed by atoms with van der Waals surface area (Å²) in [4.78, 5) is 15.8. The first-order chi connectivity index (χ1) is 26.2. The van der Waals surface area contributed by atoms with Crippen LogP contribution in [0.2, 0.25) is 0 Å². The van der Waals surface area contributed by atoms with Crippen molar-refractivity contribution in [2.24, 2.45) is 0 Å². The highest BCUT2D eigenvalue weighted by Crippen LogP contribution is 2.38. The molecule has 3 heterocycles. The van der Waals surface area contributed by atoms with Gasteiger partial charge in [0, 0.05) is 33.7 Å². The zero-order chi connectivity index (χ0) is 35.7. The van der Waals surface area contributed by atoms with Crippen LogP contribution in [0.4, 0.5) is 0 Å². The minimum Gasteiger partial charge on any atom is -0.299 e. The van der Waals surface area contributed by atoms with Gasteiger partial charge in [0.15, 0.2) is 5.82 Å². The van der Waals surface area contributed by atoms with E-state index in [9.17, 15) is 0 Å². The summed E-state index contributed by atoms with van der Waals surface area (Å²) >= 11 is 0. The molecule has 0 aliphatic carbocycles. The van der Waals surface area contributed by atoms with Gasteiger partial charge in [-0.15, -0.1) is 0 Å². The summed E-state index contributed by atoms with van der Waals surface area (Å²) in [5, 5.41) is 3.30. The minimum absolute atomic E-state index is 0.689. The molecule has 3 aromatic heterocycles. The average molecular weight is 681 g/mol. The molecule has 0 radical (unpaired) electrons. The van der Waals surface area contributed by atoms with E-state index in [2.05, 4.69) is 187 Å². The lowest BCUT2D eigenvalue weighted by molar-refractivity contribution is 1.19. The highest BCUT2D eigenvalue weighted by atomic mass is 15.0. The lowest BCUT2D eigenvalue weighted by atomic mass is 9.94. The molecule has 0 aliphatic heterocycles. The monoisotopic (exact) mass is 680 g/mol. The van der Waals surface area contributed by atoms with Crippen LogP contribution in [0.5, 0.6) is 0 Å². The first kappa shape index (κ1) is 32.0. The highest BCUT2D eigenvalue weighted by molar-refractivity contribution is 6.09. The molecule has 0 N–H and O–H groups in total. The maximum atomic E-state index is 5.34. The summed E-state index contributed by atoms with van der Waals surface area (Å²) in [5.41, 5.74) is 13.4. The highest BCUT2D eigenvalue weighted by Gasteiger charge is 2.18. The lowest BCUT2D eigenvalue weighted by Gasteiger charge is -2.14. The molecule has 53 heavy (non-hydrogen) atoms. The van der Waals surface area contributed by atoms with Crippen molar-refractivity contribution < 1.29 is 0 Å². The second kappa shape index (κ2) is 13.7. The standard InChI is InChI=1S/C49H36N4/c1-3-16-33(4-2)45-43-27-26-35-19-11-12-24-42(35)47(43)52-49(51-45)41-31-39(34-17-7-5-8-18-34)30-40(32-41)37-22-15-23-38(29-37)46-48(36-20-9-6-10-21-36)53-28-14-13-25-44(53)50-46/h3-32H,1-2H3/b16-3-,33-4+. The Morgan fingerprint density at radius 3 is 1.96 bits per heavy atom. The number of aromatic nitrogens is 4. The molecule has 0 atom stereocenters. The molecule has 0 spiro atoms. The number of hydrogen-bond donors (Lipinski definition) is 0. The molecule has 4 heteroatoms. The summed E-state index contributed by atoms with van der Waals surface area (Å²) in [6, 6.07) is 55.4. The molecule has 0 amide bonds. The number of fused-ring (bicyclic) bond motifs is 4. The van der Waals surface area contributed by atoms with Crippen LogP contribution in [0.15, 0.2) is 182 Å². The fourth-order valence-electron chi connectivity index (χ4n) is 7.34. The third-order valence-corrected chi connectivity index (χ3v) is 9.87. The van der Waals surface area contributed by atoms with Crippen molar-refractivity contribution in [1.29, 1.82) is 0 Å². The zero-order valence-corrected chi connectivity index (χ0v) is 29.6. The number of rotatable bonds is 7. The van der Waals surface area contributed by atoms with Gasteiger partial charge >= 0.3 is 0 Å². The Kier molecular flexibility index (Phi) is 8.26. The van der Waals surface area contributed by atoms with E-state index in [1.165, 1.54) is 0 Å². The largest absolute Gasteiger partial charge is 0.299 e. The van der Waals surface area contributed by atoms with Gasteiger partial charge in [-0.05, 0) is 89.5 Å². The fourth-order valence-corrected chi connectivity index (χ4v) is 7.34. The average Bonchev–Trinajstić information content (AvgIpc) is 3.63. The number of imidazole rings is 1. The Balaban J connectivity index is 1.27. The number of allylic oxidation sites excluding steroid dienone is 4. The van der Waals surface area contributed by atoms with E-state index < -0.39 is 0 Å². The van der Waals surface area contributed by atoms with Gasteiger partial charge in [-0.3, -0.25) is 4.40 Å². The van der Waals surface area contributed by atoms with E-state index in [1.54, 1.807) is 0 Å². The molecule has 252 valence electrons. The zero-order valence-electron chi connectivity index (χ0n) is 29.6. The van der Waals surface area contributed by atoms with Gasteiger partial charge in [0.2, 0.25) is 0 Å². The van der Waals surface area contributed by atoms with Gasteiger partial charge in [0.25, 0.3) is 0 Å². The van der Waals surface area contributed by atoms with Gasteiger partial charge in [-0.25, -0.2) is 15.0 Å². The van der Waals surface area contributed by atoms with Crippen LogP contribution in [0.1, 0.15) is 19.5 Å². The van der Waals surface area contributed by atoms with Gasteiger partial charge in [-0.1, -0.05) is 133 Å². The molecule has 4 nitrogen and oxygen atoms in total. The quantitative estimate of drug-likeness (QED) is 0.124. The normalized spacial score (nSPS) is 12.0. The maximum absolute atomic E-state index is 5.34. The van der Waals surface area contributed by atoms with Crippen molar-refractivity contribution in [2.45, 2.75) is 13.8 Å². The van der Waals surface area contributed by atoms with Gasteiger partial charge < -0.3 is 0 Å². The van der Waals surface area contributed by atoms with Crippen LogP contribution in [0.3, 0.4) is 0 Å². The van der Waals surface area contributed by atoms with Crippen LogP contribution in [0, 0.1) is 0 Å². The van der Waals surface area contributed by atoms with E-state index in [-0.39, 0.29) is 0 Å². The smallest absolute Gasteiger partial charge is 0.160 e. The third kappa shape index (κ3) is 5.90. The molecule has 0 saturated carbocycles. The molecule has 0 saturated heterocycles. The van der Waals surface area contributed by atoms with Crippen LogP contribution < -0.4 is 0 Å². The van der Waals surface area contributed by atoms with E-state index in [0.717, 1.165) is 88.9 Å². The van der Waals surface area contributed by atoms with Crippen molar-refractivity contribution in [1.82, 2.24) is 19.4 Å². The van der Waals surface area contributed by atoms with Crippen molar-refractivity contribution in [2.75, 3.05) is 0 Å². The molecular weight excluding hydrogens is 645 g/mol. The molecule has 0 fully saturated rings. The van der Waals surface area contributed by atoms with Crippen molar-refractivity contribution in [3.8, 4) is 56.2 Å². The first-order valence-corrected chi connectivity index (χ1v) is 18.0. The van der Waals surface area contributed by atoms with Crippen LogP contribution in [-0.2, 0) is 0 Å². The van der Waals surface area contributed by atoms with Crippen LogP contribution in [0.25, 0.3) is 89.1 Å². The van der Waals surface area contributed by atoms with Crippen molar-refractivity contribution in [3.05, 3.63) is 188 Å². The van der Waals surface area contributed by atoms with Crippen molar-refractivity contribution >= 4 is 32.9 Å². The number of benzene rings is 6.